The van der Waals surface area contributed by atoms with Gasteiger partial charge in [-0.15, -0.1) is 0 Å². The van der Waals surface area contributed by atoms with Gasteiger partial charge in [0.05, 0.1) is 12.8 Å². The second-order valence-corrected chi connectivity index (χ2v) is 8.39. The molecule has 0 aliphatic heterocycles. The van der Waals surface area contributed by atoms with Crippen LogP contribution in [0.2, 0.25) is 0 Å². The molecule has 4 aromatic heterocycles. The number of hydrogen-bond donors (Lipinski definition) is 4. The van der Waals surface area contributed by atoms with Gasteiger partial charge in [-0.25, -0.2) is 15.0 Å². The molecule has 8 nitrogen and oxygen atoms in total. The van der Waals surface area contributed by atoms with Crippen molar-refractivity contribution in [1.29, 1.82) is 0 Å². The van der Waals surface area contributed by atoms with Crippen LogP contribution in [0.3, 0.4) is 0 Å². The fourth-order valence-electron chi connectivity index (χ4n) is 4.31. The third kappa shape index (κ3) is 4.49. The van der Waals surface area contributed by atoms with Gasteiger partial charge in [0.25, 0.3) is 0 Å². The van der Waals surface area contributed by atoms with Gasteiger partial charge in [-0.1, -0.05) is 30.3 Å². The number of hydrogen-bond acceptors (Lipinski definition) is 6. The van der Waals surface area contributed by atoms with Crippen molar-refractivity contribution in [2.45, 2.75) is 6.42 Å². The van der Waals surface area contributed by atoms with Crippen LogP contribution in [0.4, 0.5) is 5.95 Å². The van der Waals surface area contributed by atoms with Crippen LogP contribution in [0.5, 0.6) is 5.75 Å². The molecule has 2 aromatic carbocycles. The molecule has 0 fully saturated rings. The SMILES string of the molecule is COc1ccc2[nH]c(-c3cnc4[nH]cc(-c5ccnc(NCCc6ccccc6)n5)c4c3)cc2c1.N.[HH].[HH].[HH].[HH]. The van der Waals surface area contributed by atoms with E-state index >= 15 is 0 Å². The summed E-state index contributed by atoms with van der Waals surface area (Å²) < 4.78 is 5.36. The summed E-state index contributed by atoms with van der Waals surface area (Å²) in [6.45, 7) is 0.762. The summed E-state index contributed by atoms with van der Waals surface area (Å²) in [7, 11) is 1.68. The topological polar surface area (TPSA) is 127 Å². The van der Waals surface area contributed by atoms with E-state index in [0.29, 0.717) is 5.95 Å². The summed E-state index contributed by atoms with van der Waals surface area (Å²) in [5, 5.41) is 5.44. The van der Waals surface area contributed by atoms with Crippen molar-refractivity contribution in [2.24, 2.45) is 0 Å². The zero-order valence-electron chi connectivity index (χ0n) is 20.0. The number of pyridine rings is 1. The first-order valence-electron chi connectivity index (χ1n) is 11.5. The number of ether oxygens (including phenoxy) is 1. The molecule has 0 spiro atoms. The Morgan fingerprint density at radius 2 is 1.89 bits per heavy atom. The molecule has 6 rings (SSSR count). The lowest BCUT2D eigenvalue weighted by molar-refractivity contribution is 0.415. The number of methoxy groups -OCH3 is 1. The third-order valence-electron chi connectivity index (χ3n) is 6.14. The molecule has 8 heteroatoms. The molecule has 0 amide bonds. The van der Waals surface area contributed by atoms with Crippen molar-refractivity contribution >= 4 is 27.9 Å². The van der Waals surface area contributed by atoms with E-state index in [-0.39, 0.29) is 11.9 Å². The van der Waals surface area contributed by atoms with Gasteiger partial charge in [0.1, 0.15) is 11.4 Å². The lowest BCUT2D eigenvalue weighted by Crippen LogP contribution is -2.08. The lowest BCUT2D eigenvalue weighted by Gasteiger charge is -2.07. The van der Waals surface area contributed by atoms with E-state index < -0.39 is 0 Å². The minimum Gasteiger partial charge on any atom is -0.497 e. The van der Waals surface area contributed by atoms with E-state index in [0.717, 1.165) is 63.2 Å². The number of nitrogens with zero attached hydrogens (tertiary/aromatic N) is 3. The highest BCUT2D eigenvalue weighted by Crippen LogP contribution is 2.32. The minimum atomic E-state index is 0. The van der Waals surface area contributed by atoms with Crippen LogP contribution >= 0.6 is 0 Å². The number of anilines is 1. The number of fused-ring (bicyclic) bond motifs is 2. The molecule has 0 radical (unpaired) electrons. The molecule has 0 aliphatic rings. The van der Waals surface area contributed by atoms with Crippen LogP contribution in [-0.4, -0.2) is 38.6 Å². The van der Waals surface area contributed by atoms with Gasteiger partial charge in [0.2, 0.25) is 5.95 Å². The average Bonchev–Trinajstić information content (AvgIpc) is 3.53. The van der Waals surface area contributed by atoms with E-state index in [1.807, 2.05) is 42.7 Å². The number of nitrogens with one attached hydrogen (secondary N) is 3. The van der Waals surface area contributed by atoms with Crippen LogP contribution in [-0.2, 0) is 6.42 Å². The molecular weight excluding hydrogens is 450 g/mol. The first-order chi connectivity index (χ1) is 17.3. The number of rotatable bonds is 7. The van der Waals surface area contributed by atoms with Crippen molar-refractivity contribution in [3.63, 3.8) is 0 Å². The van der Waals surface area contributed by atoms with Gasteiger partial charge in [0.15, 0.2) is 0 Å². The Bertz CT molecular complexity index is 1640. The minimum absolute atomic E-state index is 0. The summed E-state index contributed by atoms with van der Waals surface area (Å²) in [6, 6.07) is 22.6. The fourth-order valence-corrected chi connectivity index (χ4v) is 4.31. The van der Waals surface area contributed by atoms with Gasteiger partial charge < -0.3 is 26.2 Å². The predicted molar refractivity (Wildman–Crippen MR) is 153 cm³/mol. The Morgan fingerprint density at radius 1 is 1.00 bits per heavy atom. The molecule has 0 atom stereocenters. The summed E-state index contributed by atoms with van der Waals surface area (Å²) >= 11 is 0. The summed E-state index contributed by atoms with van der Waals surface area (Å²) in [5.41, 5.74) is 6.98. The number of aromatic amines is 2. The number of aromatic nitrogens is 5. The summed E-state index contributed by atoms with van der Waals surface area (Å²) in [4.78, 5) is 20.6. The maximum Gasteiger partial charge on any atom is 0.223 e. The molecule has 6 N–H and O–H groups in total. The monoisotopic (exact) mass is 485 g/mol. The normalized spacial score (nSPS) is 10.9. The Balaban J connectivity index is 0.00000160. The molecule has 0 aliphatic carbocycles. The molecule has 0 unspecified atom stereocenters. The number of benzene rings is 2. The van der Waals surface area contributed by atoms with Gasteiger partial charge >= 0.3 is 0 Å². The Hall–Kier alpha value is -4.69. The van der Waals surface area contributed by atoms with Crippen molar-refractivity contribution in [3.8, 4) is 28.3 Å². The lowest BCUT2D eigenvalue weighted by atomic mass is 10.1. The predicted octanol–water partition coefficient (Wildman–Crippen LogP) is 6.98. The van der Waals surface area contributed by atoms with E-state index in [9.17, 15) is 0 Å². The summed E-state index contributed by atoms with van der Waals surface area (Å²) in [6.07, 6.45) is 6.52. The number of H-pyrrole nitrogens is 2. The van der Waals surface area contributed by atoms with Gasteiger partial charge in [0, 0.05) is 64.0 Å². The Labute approximate surface area is 214 Å². The second-order valence-electron chi connectivity index (χ2n) is 8.39. The van der Waals surface area contributed by atoms with Gasteiger partial charge in [-0.3, -0.25) is 0 Å². The quantitative estimate of drug-likeness (QED) is 0.193. The molecule has 0 saturated carbocycles. The largest absolute Gasteiger partial charge is 0.497 e. The first-order valence-corrected chi connectivity index (χ1v) is 11.5. The molecule has 4 heterocycles. The van der Waals surface area contributed by atoms with Crippen molar-refractivity contribution < 1.29 is 10.4 Å². The van der Waals surface area contributed by atoms with Crippen LogP contribution < -0.4 is 16.2 Å². The molecule has 0 saturated heterocycles. The van der Waals surface area contributed by atoms with E-state index in [2.05, 4.69) is 61.7 Å². The Morgan fingerprint density at radius 3 is 2.75 bits per heavy atom. The van der Waals surface area contributed by atoms with Gasteiger partial charge in [-0.2, -0.15) is 0 Å². The average molecular weight is 486 g/mol. The van der Waals surface area contributed by atoms with Gasteiger partial charge in [-0.05, 0) is 48.4 Å². The molecule has 188 valence electrons. The zero-order chi connectivity index (χ0) is 23.6. The van der Waals surface area contributed by atoms with Crippen LogP contribution in [0, 0.1) is 0 Å². The molecule has 0 bridgehead atoms. The smallest absolute Gasteiger partial charge is 0.223 e. The van der Waals surface area contributed by atoms with Crippen molar-refractivity contribution in [1.82, 2.24) is 31.1 Å². The standard InChI is InChI=1S/C28H24N6O.H3N.4H2/c1-35-21-7-8-24-19(13-21)15-26(33-24)20-14-22-23(17-32-27(22)31-16-20)25-10-12-30-28(34-25)29-11-9-18-5-3-2-4-6-18;;;;;/h2-8,10,12-17,33H,9,11H2,1H3,(H,31,32)(H,29,30,34);1H3;4*1H. The highest BCUT2D eigenvalue weighted by molar-refractivity contribution is 5.96. The molecule has 36 heavy (non-hydrogen) atoms. The zero-order valence-corrected chi connectivity index (χ0v) is 20.0. The van der Waals surface area contributed by atoms with Crippen molar-refractivity contribution in [2.75, 3.05) is 19.0 Å². The van der Waals surface area contributed by atoms with Crippen LogP contribution in [0.15, 0.2) is 85.3 Å². The maximum absolute atomic E-state index is 5.36. The highest BCUT2D eigenvalue weighted by atomic mass is 16.5. The second kappa shape index (κ2) is 9.89. The highest BCUT2D eigenvalue weighted by Gasteiger charge is 2.12. The third-order valence-corrected chi connectivity index (χ3v) is 6.14. The molecular formula is C28H35N7O. The van der Waals surface area contributed by atoms with Crippen LogP contribution in [0.25, 0.3) is 44.5 Å². The van der Waals surface area contributed by atoms with Crippen molar-refractivity contribution in [3.05, 3.63) is 90.9 Å². The van der Waals surface area contributed by atoms with Crippen LogP contribution in [0.1, 0.15) is 11.3 Å². The summed E-state index contributed by atoms with van der Waals surface area (Å²) in [5.74, 6) is 1.45. The molecule has 6 aromatic rings. The van der Waals surface area contributed by atoms with E-state index in [1.54, 1.807) is 13.3 Å². The first kappa shape index (κ1) is 23.1. The van der Waals surface area contributed by atoms with E-state index in [4.69, 9.17) is 9.72 Å². The fraction of sp³-hybridized carbons (Fsp3) is 0.107. The maximum atomic E-state index is 5.36. The Kier molecular flexibility index (Phi) is 6.34. The van der Waals surface area contributed by atoms with E-state index in [1.165, 1.54) is 5.56 Å².